The molecule has 1 N–H and O–H groups in total. The lowest BCUT2D eigenvalue weighted by Gasteiger charge is -2.42. The van der Waals surface area contributed by atoms with E-state index in [1.165, 1.54) is 12.8 Å². The van der Waals surface area contributed by atoms with Gasteiger partial charge in [-0.05, 0) is 39.4 Å². The fourth-order valence-corrected chi connectivity index (χ4v) is 2.97. The zero-order valence-electron chi connectivity index (χ0n) is 12.5. The first-order valence-corrected chi connectivity index (χ1v) is 7.10. The molecular formula is C14H30N2O2. The van der Waals surface area contributed by atoms with Gasteiger partial charge >= 0.3 is 0 Å². The molecule has 0 aromatic rings. The van der Waals surface area contributed by atoms with Gasteiger partial charge in [0.1, 0.15) is 0 Å². The largest absolute Gasteiger partial charge is 0.384 e. The van der Waals surface area contributed by atoms with Crippen LogP contribution in [0.5, 0.6) is 0 Å². The average Bonchev–Trinajstić information content (AvgIpc) is 2.38. The molecule has 0 aromatic carbocycles. The van der Waals surface area contributed by atoms with Gasteiger partial charge in [0.05, 0.1) is 13.2 Å². The molecule has 0 saturated carbocycles. The van der Waals surface area contributed by atoms with Crippen molar-refractivity contribution in [2.24, 2.45) is 5.41 Å². The van der Waals surface area contributed by atoms with E-state index in [0.29, 0.717) is 11.5 Å². The summed E-state index contributed by atoms with van der Waals surface area (Å²) in [5.74, 6) is 0. The van der Waals surface area contributed by atoms with Gasteiger partial charge in [-0.2, -0.15) is 0 Å². The summed E-state index contributed by atoms with van der Waals surface area (Å²) < 4.78 is 10.8. The third-order valence-electron chi connectivity index (χ3n) is 4.09. The summed E-state index contributed by atoms with van der Waals surface area (Å²) in [6.07, 6.45) is 2.41. The third-order valence-corrected chi connectivity index (χ3v) is 4.09. The first kappa shape index (κ1) is 15.9. The predicted octanol–water partition coefficient (Wildman–Crippen LogP) is 1.36. The molecule has 1 rings (SSSR count). The number of rotatable bonds is 8. The van der Waals surface area contributed by atoms with E-state index in [9.17, 15) is 0 Å². The minimum Gasteiger partial charge on any atom is -0.384 e. The Hall–Kier alpha value is -0.160. The molecule has 1 atom stereocenters. The lowest BCUT2D eigenvalue weighted by atomic mass is 9.79. The molecular weight excluding hydrogens is 228 g/mol. The molecule has 4 heteroatoms. The van der Waals surface area contributed by atoms with E-state index in [1.54, 1.807) is 7.11 Å². The minimum absolute atomic E-state index is 0.317. The van der Waals surface area contributed by atoms with Crippen LogP contribution in [0.1, 0.15) is 26.7 Å². The fraction of sp³-hybridized carbons (Fsp3) is 1.00. The number of hydrogen-bond donors (Lipinski definition) is 1. The number of methoxy groups -OCH3 is 2. The summed E-state index contributed by atoms with van der Waals surface area (Å²) in [4.78, 5) is 2.52. The molecule has 0 bridgehead atoms. The van der Waals surface area contributed by atoms with Crippen LogP contribution in [0, 0.1) is 5.41 Å². The van der Waals surface area contributed by atoms with Gasteiger partial charge in [0.25, 0.3) is 0 Å². The number of piperidine rings is 1. The molecule has 1 aliphatic rings. The van der Waals surface area contributed by atoms with Crippen LogP contribution in [-0.2, 0) is 9.47 Å². The van der Waals surface area contributed by atoms with E-state index in [1.807, 2.05) is 7.11 Å². The van der Waals surface area contributed by atoms with E-state index in [2.05, 4.69) is 24.1 Å². The van der Waals surface area contributed by atoms with Crippen molar-refractivity contribution in [1.29, 1.82) is 0 Å². The van der Waals surface area contributed by atoms with E-state index in [-0.39, 0.29) is 0 Å². The normalized spacial score (nSPS) is 21.2. The summed E-state index contributed by atoms with van der Waals surface area (Å²) in [5, 5.41) is 3.44. The zero-order valence-corrected chi connectivity index (χ0v) is 12.5. The van der Waals surface area contributed by atoms with Crippen molar-refractivity contribution >= 4 is 0 Å². The lowest BCUT2D eigenvalue weighted by molar-refractivity contribution is 0.00238. The molecule has 0 aromatic heterocycles. The molecule has 1 saturated heterocycles. The van der Waals surface area contributed by atoms with E-state index in [4.69, 9.17) is 9.47 Å². The van der Waals surface area contributed by atoms with Gasteiger partial charge in [-0.1, -0.05) is 6.92 Å². The lowest BCUT2D eigenvalue weighted by Crippen LogP contribution is -2.50. The molecule has 1 heterocycles. The molecule has 108 valence electrons. The molecule has 0 aliphatic carbocycles. The third kappa shape index (κ3) is 4.50. The average molecular weight is 258 g/mol. The molecule has 18 heavy (non-hydrogen) atoms. The Labute approximate surface area is 112 Å². The number of likely N-dealkylation sites (N-methyl/N-ethyl adjacent to an activating group) is 1. The summed E-state index contributed by atoms with van der Waals surface area (Å²) in [6.45, 7) is 10.6. The maximum absolute atomic E-state index is 5.48. The Morgan fingerprint density at radius 3 is 2.39 bits per heavy atom. The molecule has 0 spiro atoms. The Morgan fingerprint density at radius 2 is 1.89 bits per heavy atom. The van der Waals surface area contributed by atoms with Crippen LogP contribution in [-0.4, -0.2) is 64.6 Å². The Balaban J connectivity index is 2.61. The van der Waals surface area contributed by atoms with Gasteiger partial charge in [0.15, 0.2) is 0 Å². The first-order valence-electron chi connectivity index (χ1n) is 7.10. The summed E-state index contributed by atoms with van der Waals surface area (Å²) in [7, 11) is 3.60. The van der Waals surface area contributed by atoms with E-state index < -0.39 is 0 Å². The van der Waals surface area contributed by atoms with Crippen molar-refractivity contribution in [3.05, 3.63) is 0 Å². The number of hydrogen-bond acceptors (Lipinski definition) is 4. The zero-order chi connectivity index (χ0) is 13.4. The van der Waals surface area contributed by atoms with Crippen molar-refractivity contribution in [1.82, 2.24) is 10.2 Å². The van der Waals surface area contributed by atoms with Crippen molar-refractivity contribution in [3.63, 3.8) is 0 Å². The van der Waals surface area contributed by atoms with Crippen molar-refractivity contribution in [2.75, 3.05) is 53.6 Å². The number of ether oxygens (including phenoxy) is 2. The van der Waals surface area contributed by atoms with Crippen molar-refractivity contribution < 1.29 is 9.47 Å². The predicted molar refractivity (Wildman–Crippen MR) is 75.0 cm³/mol. The second-order valence-electron chi connectivity index (χ2n) is 5.55. The van der Waals surface area contributed by atoms with Crippen LogP contribution in [0.15, 0.2) is 0 Å². The summed E-state index contributed by atoms with van der Waals surface area (Å²) in [5.41, 5.74) is 0.317. The Kier molecular flexibility index (Phi) is 7.15. The molecule has 1 fully saturated rings. The van der Waals surface area contributed by atoms with Gasteiger partial charge in [0.2, 0.25) is 0 Å². The number of nitrogens with zero attached hydrogens (tertiary/aromatic N) is 1. The van der Waals surface area contributed by atoms with Crippen LogP contribution < -0.4 is 5.32 Å². The smallest absolute Gasteiger partial charge is 0.0615 e. The maximum atomic E-state index is 5.48. The fourth-order valence-electron chi connectivity index (χ4n) is 2.97. The summed E-state index contributed by atoms with van der Waals surface area (Å²) in [6, 6.07) is 0.476. The highest BCUT2D eigenvalue weighted by Gasteiger charge is 2.34. The Bertz CT molecular complexity index is 212. The van der Waals surface area contributed by atoms with Gasteiger partial charge in [-0.15, -0.1) is 0 Å². The van der Waals surface area contributed by atoms with Crippen LogP contribution in [0.3, 0.4) is 0 Å². The van der Waals surface area contributed by atoms with Gasteiger partial charge in [-0.3, -0.25) is 4.90 Å². The topological polar surface area (TPSA) is 33.7 Å². The van der Waals surface area contributed by atoms with Crippen LogP contribution in [0.2, 0.25) is 0 Å². The summed E-state index contributed by atoms with van der Waals surface area (Å²) >= 11 is 0. The highest BCUT2D eigenvalue weighted by atomic mass is 16.5. The quantitative estimate of drug-likeness (QED) is 0.713. The van der Waals surface area contributed by atoms with Gasteiger partial charge in [-0.25, -0.2) is 0 Å². The van der Waals surface area contributed by atoms with Crippen molar-refractivity contribution in [2.45, 2.75) is 32.7 Å². The van der Waals surface area contributed by atoms with Gasteiger partial charge < -0.3 is 14.8 Å². The first-order chi connectivity index (χ1) is 8.67. The second kappa shape index (κ2) is 8.10. The molecule has 0 radical (unpaired) electrons. The van der Waals surface area contributed by atoms with E-state index in [0.717, 1.165) is 39.4 Å². The van der Waals surface area contributed by atoms with Crippen molar-refractivity contribution in [3.8, 4) is 0 Å². The highest BCUT2D eigenvalue weighted by molar-refractivity contribution is 4.88. The maximum Gasteiger partial charge on any atom is 0.0615 e. The molecule has 1 unspecified atom stereocenters. The van der Waals surface area contributed by atoms with Gasteiger partial charge in [0, 0.05) is 32.2 Å². The SMILES string of the molecule is CCN(CC1(COC)CCNCC1)C(C)COC. The molecule has 1 aliphatic heterocycles. The minimum atomic E-state index is 0.317. The molecule has 4 nitrogen and oxygen atoms in total. The van der Waals surface area contributed by atoms with Crippen LogP contribution in [0.25, 0.3) is 0 Å². The van der Waals surface area contributed by atoms with Crippen LogP contribution in [0.4, 0.5) is 0 Å². The van der Waals surface area contributed by atoms with Crippen LogP contribution >= 0.6 is 0 Å². The standard InChI is InChI=1S/C14H30N2O2/c1-5-16(13(2)10-17-3)11-14(12-18-4)6-8-15-9-7-14/h13,15H,5-12H2,1-4H3. The second-order valence-corrected chi connectivity index (χ2v) is 5.55. The Morgan fingerprint density at radius 1 is 1.22 bits per heavy atom. The molecule has 0 amide bonds. The van der Waals surface area contributed by atoms with E-state index >= 15 is 0 Å². The number of nitrogens with one attached hydrogen (secondary N) is 1. The highest BCUT2D eigenvalue weighted by Crippen LogP contribution is 2.30. The monoisotopic (exact) mass is 258 g/mol.